The Morgan fingerprint density at radius 3 is 2.40 bits per heavy atom. The molecule has 1 aliphatic heterocycles. The molecule has 0 atom stereocenters. The SMILES string of the molecule is Cc1ccc(N(CC(=O)NC2CCCCC2)C(=O)c2ccc3c(c2)OCCO3)cc1. The lowest BCUT2D eigenvalue weighted by Gasteiger charge is -2.27. The molecule has 1 saturated carbocycles. The Morgan fingerprint density at radius 1 is 0.967 bits per heavy atom. The van der Waals surface area contributed by atoms with Crippen molar-refractivity contribution >= 4 is 17.5 Å². The average molecular weight is 408 g/mol. The number of benzene rings is 2. The molecule has 2 aromatic carbocycles. The number of ether oxygens (including phenoxy) is 2. The maximum absolute atomic E-state index is 13.4. The number of aryl methyl sites for hydroxylation is 1. The minimum absolute atomic E-state index is 0.0210. The van der Waals surface area contributed by atoms with Crippen LogP contribution in [0.5, 0.6) is 11.5 Å². The van der Waals surface area contributed by atoms with Gasteiger partial charge in [0.15, 0.2) is 11.5 Å². The predicted octanol–water partition coefficient (Wildman–Crippen LogP) is 3.86. The molecule has 2 aliphatic rings. The van der Waals surface area contributed by atoms with Gasteiger partial charge in [0.1, 0.15) is 19.8 Å². The smallest absolute Gasteiger partial charge is 0.258 e. The molecule has 1 heterocycles. The van der Waals surface area contributed by atoms with Crippen molar-refractivity contribution in [2.24, 2.45) is 0 Å². The average Bonchev–Trinajstić information content (AvgIpc) is 2.78. The number of amides is 2. The van der Waals surface area contributed by atoms with Crippen LogP contribution >= 0.6 is 0 Å². The molecule has 1 aliphatic carbocycles. The van der Waals surface area contributed by atoms with Crippen molar-refractivity contribution in [1.29, 1.82) is 0 Å². The van der Waals surface area contributed by atoms with Gasteiger partial charge in [0.05, 0.1) is 0 Å². The fourth-order valence-electron chi connectivity index (χ4n) is 4.00. The maximum atomic E-state index is 13.4. The summed E-state index contributed by atoms with van der Waals surface area (Å²) < 4.78 is 11.2. The quantitative estimate of drug-likeness (QED) is 0.816. The molecular weight excluding hydrogens is 380 g/mol. The molecule has 1 N–H and O–H groups in total. The van der Waals surface area contributed by atoms with Crippen LogP contribution < -0.4 is 19.7 Å². The highest BCUT2D eigenvalue weighted by Crippen LogP contribution is 2.31. The van der Waals surface area contributed by atoms with E-state index in [2.05, 4.69) is 5.32 Å². The molecule has 0 bridgehead atoms. The third-order valence-electron chi connectivity index (χ3n) is 5.65. The van der Waals surface area contributed by atoms with Gasteiger partial charge in [0, 0.05) is 17.3 Å². The molecule has 6 nitrogen and oxygen atoms in total. The lowest BCUT2D eigenvalue weighted by Crippen LogP contribution is -2.45. The molecule has 1 fully saturated rings. The summed E-state index contributed by atoms with van der Waals surface area (Å²) >= 11 is 0. The number of rotatable bonds is 5. The third-order valence-corrected chi connectivity index (χ3v) is 5.65. The Hall–Kier alpha value is -3.02. The van der Waals surface area contributed by atoms with Crippen molar-refractivity contribution < 1.29 is 19.1 Å². The van der Waals surface area contributed by atoms with E-state index in [0.29, 0.717) is 36.0 Å². The van der Waals surface area contributed by atoms with Crippen LogP contribution in [0.25, 0.3) is 0 Å². The second kappa shape index (κ2) is 9.20. The first-order valence-electron chi connectivity index (χ1n) is 10.7. The van der Waals surface area contributed by atoms with Crippen LogP contribution in [0.15, 0.2) is 42.5 Å². The largest absolute Gasteiger partial charge is 0.486 e. The Kier molecular flexibility index (Phi) is 6.21. The van der Waals surface area contributed by atoms with E-state index in [9.17, 15) is 9.59 Å². The van der Waals surface area contributed by atoms with Crippen LogP contribution in [-0.4, -0.2) is 37.6 Å². The topological polar surface area (TPSA) is 67.9 Å². The number of carbonyl (C=O) groups is 2. The summed E-state index contributed by atoms with van der Waals surface area (Å²) in [6, 6.07) is 13.0. The van der Waals surface area contributed by atoms with E-state index in [1.54, 1.807) is 18.2 Å². The van der Waals surface area contributed by atoms with Crippen LogP contribution in [-0.2, 0) is 4.79 Å². The van der Waals surface area contributed by atoms with Crippen LogP contribution in [0.1, 0.15) is 48.0 Å². The van der Waals surface area contributed by atoms with Gasteiger partial charge in [-0.3, -0.25) is 14.5 Å². The number of fused-ring (bicyclic) bond motifs is 1. The highest BCUT2D eigenvalue weighted by molar-refractivity contribution is 6.09. The van der Waals surface area contributed by atoms with E-state index < -0.39 is 0 Å². The molecule has 0 saturated heterocycles. The van der Waals surface area contributed by atoms with Crippen molar-refractivity contribution in [2.45, 2.75) is 45.1 Å². The normalized spacial score (nSPS) is 16.0. The van der Waals surface area contributed by atoms with E-state index in [-0.39, 0.29) is 24.4 Å². The Bertz CT molecular complexity index is 904. The molecule has 2 aromatic rings. The number of anilines is 1. The number of hydrogen-bond acceptors (Lipinski definition) is 4. The second-order valence-corrected chi connectivity index (χ2v) is 7.99. The van der Waals surface area contributed by atoms with Gasteiger partial charge in [-0.25, -0.2) is 0 Å². The van der Waals surface area contributed by atoms with E-state index in [4.69, 9.17) is 9.47 Å². The van der Waals surface area contributed by atoms with Gasteiger partial charge >= 0.3 is 0 Å². The zero-order chi connectivity index (χ0) is 20.9. The Morgan fingerprint density at radius 2 is 1.67 bits per heavy atom. The summed E-state index contributed by atoms with van der Waals surface area (Å²) in [5, 5.41) is 3.11. The summed E-state index contributed by atoms with van der Waals surface area (Å²) in [6.45, 7) is 2.92. The van der Waals surface area contributed by atoms with Gasteiger partial charge in [-0.05, 0) is 50.1 Å². The molecule has 0 radical (unpaired) electrons. The van der Waals surface area contributed by atoms with E-state index in [1.807, 2.05) is 31.2 Å². The Balaban J connectivity index is 1.55. The minimum Gasteiger partial charge on any atom is -0.486 e. The first-order chi connectivity index (χ1) is 14.6. The molecule has 6 heteroatoms. The zero-order valence-corrected chi connectivity index (χ0v) is 17.4. The van der Waals surface area contributed by atoms with Gasteiger partial charge in [0.25, 0.3) is 5.91 Å². The number of nitrogens with zero attached hydrogens (tertiary/aromatic N) is 1. The fourth-order valence-corrected chi connectivity index (χ4v) is 4.00. The first kappa shape index (κ1) is 20.3. The highest BCUT2D eigenvalue weighted by atomic mass is 16.6. The molecule has 0 aromatic heterocycles. The summed E-state index contributed by atoms with van der Waals surface area (Å²) in [6.07, 6.45) is 5.52. The van der Waals surface area contributed by atoms with Gasteiger partial charge < -0.3 is 14.8 Å². The highest BCUT2D eigenvalue weighted by Gasteiger charge is 2.24. The molecule has 0 unspecified atom stereocenters. The minimum atomic E-state index is -0.241. The molecule has 158 valence electrons. The lowest BCUT2D eigenvalue weighted by atomic mass is 9.95. The monoisotopic (exact) mass is 408 g/mol. The zero-order valence-electron chi connectivity index (χ0n) is 17.4. The first-order valence-corrected chi connectivity index (χ1v) is 10.7. The molecule has 0 spiro atoms. The number of hydrogen-bond donors (Lipinski definition) is 1. The molecule has 2 amide bonds. The summed E-state index contributed by atoms with van der Waals surface area (Å²) in [7, 11) is 0. The summed E-state index contributed by atoms with van der Waals surface area (Å²) in [5.74, 6) is 0.820. The Labute approximate surface area is 177 Å². The molecule has 30 heavy (non-hydrogen) atoms. The van der Waals surface area contributed by atoms with Crippen molar-refractivity contribution in [2.75, 3.05) is 24.7 Å². The predicted molar refractivity (Wildman–Crippen MR) is 115 cm³/mol. The summed E-state index contributed by atoms with van der Waals surface area (Å²) in [4.78, 5) is 27.7. The van der Waals surface area contributed by atoms with Gasteiger partial charge in [0.2, 0.25) is 5.91 Å². The number of carbonyl (C=O) groups excluding carboxylic acids is 2. The lowest BCUT2D eigenvalue weighted by molar-refractivity contribution is -0.120. The molecular formula is C24H28N2O4. The van der Waals surface area contributed by atoms with Crippen molar-refractivity contribution in [3.05, 3.63) is 53.6 Å². The number of nitrogens with one attached hydrogen (secondary N) is 1. The van der Waals surface area contributed by atoms with Crippen LogP contribution in [0.3, 0.4) is 0 Å². The maximum Gasteiger partial charge on any atom is 0.258 e. The van der Waals surface area contributed by atoms with Crippen molar-refractivity contribution in [3.8, 4) is 11.5 Å². The van der Waals surface area contributed by atoms with E-state index >= 15 is 0 Å². The van der Waals surface area contributed by atoms with Crippen LogP contribution in [0, 0.1) is 6.92 Å². The molecule has 4 rings (SSSR count). The van der Waals surface area contributed by atoms with Gasteiger partial charge in [-0.1, -0.05) is 37.0 Å². The van der Waals surface area contributed by atoms with E-state index in [1.165, 1.54) is 11.3 Å². The van der Waals surface area contributed by atoms with Crippen LogP contribution in [0.2, 0.25) is 0 Å². The van der Waals surface area contributed by atoms with Crippen LogP contribution in [0.4, 0.5) is 5.69 Å². The van der Waals surface area contributed by atoms with Crippen molar-refractivity contribution in [1.82, 2.24) is 5.32 Å². The van der Waals surface area contributed by atoms with Gasteiger partial charge in [-0.2, -0.15) is 0 Å². The summed E-state index contributed by atoms with van der Waals surface area (Å²) in [5.41, 5.74) is 2.25. The second-order valence-electron chi connectivity index (χ2n) is 7.99. The standard InChI is InChI=1S/C24H28N2O4/c1-17-7-10-20(11-8-17)26(16-23(27)25-19-5-3-2-4-6-19)24(28)18-9-12-21-22(15-18)30-14-13-29-21/h7-12,15,19H,2-6,13-14,16H2,1H3,(H,25,27). The van der Waals surface area contributed by atoms with Crippen molar-refractivity contribution in [3.63, 3.8) is 0 Å². The van der Waals surface area contributed by atoms with E-state index in [0.717, 1.165) is 31.2 Å². The fraction of sp³-hybridized carbons (Fsp3) is 0.417. The van der Waals surface area contributed by atoms with Gasteiger partial charge in [-0.15, -0.1) is 0 Å². The third kappa shape index (κ3) is 4.75.